The van der Waals surface area contributed by atoms with Gasteiger partial charge < -0.3 is 0 Å². The molecule has 0 spiro atoms. The highest BCUT2D eigenvalue weighted by atomic mass is 32.2. The molecule has 7 nitrogen and oxygen atoms in total. The number of benzene rings is 1. The lowest BCUT2D eigenvalue weighted by molar-refractivity contribution is -0.138. The third-order valence-electron chi connectivity index (χ3n) is 4.56. The SMILES string of the molecule is Cc1cc(C(F)(F)F)c(C#N)c(SCc2nnc3n(C)c(=O)c4ccccc4n23)n1. The highest BCUT2D eigenvalue weighted by molar-refractivity contribution is 7.98. The van der Waals surface area contributed by atoms with E-state index >= 15 is 0 Å². The van der Waals surface area contributed by atoms with Gasteiger partial charge in [-0.1, -0.05) is 23.9 Å². The van der Waals surface area contributed by atoms with Crippen molar-refractivity contribution in [3.8, 4) is 6.07 Å². The molecule has 0 fully saturated rings. The number of halogens is 3. The van der Waals surface area contributed by atoms with Gasteiger partial charge in [0.25, 0.3) is 5.56 Å². The Balaban J connectivity index is 1.82. The van der Waals surface area contributed by atoms with E-state index in [0.717, 1.165) is 17.8 Å². The number of pyridine rings is 1. The molecule has 0 bridgehead atoms. The summed E-state index contributed by atoms with van der Waals surface area (Å²) in [7, 11) is 1.57. The van der Waals surface area contributed by atoms with Crippen molar-refractivity contribution in [3.63, 3.8) is 0 Å². The van der Waals surface area contributed by atoms with Gasteiger partial charge in [0.05, 0.1) is 27.8 Å². The normalized spacial score (nSPS) is 11.9. The number of alkyl halides is 3. The monoisotopic (exact) mass is 430 g/mol. The molecule has 0 aliphatic carbocycles. The minimum Gasteiger partial charge on any atom is -0.279 e. The number of thioether (sulfide) groups is 1. The predicted octanol–water partition coefficient (Wildman–Crippen LogP) is 3.47. The van der Waals surface area contributed by atoms with Gasteiger partial charge in [0.1, 0.15) is 16.9 Å². The zero-order valence-electron chi connectivity index (χ0n) is 15.7. The van der Waals surface area contributed by atoms with Gasteiger partial charge in [-0.3, -0.25) is 13.8 Å². The van der Waals surface area contributed by atoms with Crippen LogP contribution < -0.4 is 5.56 Å². The number of para-hydroxylation sites is 1. The van der Waals surface area contributed by atoms with E-state index < -0.39 is 17.3 Å². The van der Waals surface area contributed by atoms with Crippen molar-refractivity contribution in [2.45, 2.75) is 23.9 Å². The topological polar surface area (TPSA) is 88.9 Å². The Hall–Kier alpha value is -3.39. The number of rotatable bonds is 3. The molecule has 0 aliphatic heterocycles. The van der Waals surface area contributed by atoms with Gasteiger partial charge in [0.2, 0.25) is 5.78 Å². The van der Waals surface area contributed by atoms with Crippen LogP contribution in [0.1, 0.15) is 22.6 Å². The Bertz CT molecular complexity index is 1400. The second-order valence-electron chi connectivity index (χ2n) is 6.52. The summed E-state index contributed by atoms with van der Waals surface area (Å²) in [6, 6.07) is 9.41. The van der Waals surface area contributed by atoms with Crippen LogP contribution in [0.4, 0.5) is 13.2 Å². The average molecular weight is 430 g/mol. The minimum atomic E-state index is -4.66. The summed E-state index contributed by atoms with van der Waals surface area (Å²) in [6.45, 7) is 1.44. The van der Waals surface area contributed by atoms with Gasteiger partial charge in [0.15, 0.2) is 0 Å². The molecule has 0 unspecified atom stereocenters. The number of nitriles is 1. The van der Waals surface area contributed by atoms with Crippen molar-refractivity contribution >= 4 is 28.4 Å². The van der Waals surface area contributed by atoms with Crippen LogP contribution in [0, 0.1) is 18.3 Å². The third-order valence-corrected chi connectivity index (χ3v) is 5.53. The molecule has 1 aromatic carbocycles. The van der Waals surface area contributed by atoms with Crippen molar-refractivity contribution < 1.29 is 13.2 Å². The lowest BCUT2D eigenvalue weighted by Crippen LogP contribution is -2.20. The maximum absolute atomic E-state index is 13.3. The van der Waals surface area contributed by atoms with Crippen molar-refractivity contribution in [1.82, 2.24) is 24.1 Å². The molecule has 0 saturated carbocycles. The van der Waals surface area contributed by atoms with Crippen molar-refractivity contribution in [3.05, 3.63) is 63.3 Å². The van der Waals surface area contributed by atoms with Gasteiger partial charge in [-0.25, -0.2) is 4.98 Å². The van der Waals surface area contributed by atoms with Crippen LogP contribution >= 0.6 is 11.8 Å². The molecule has 30 heavy (non-hydrogen) atoms. The summed E-state index contributed by atoms with van der Waals surface area (Å²) >= 11 is 0.963. The molecule has 3 aromatic heterocycles. The van der Waals surface area contributed by atoms with E-state index in [4.69, 9.17) is 0 Å². The molecule has 3 heterocycles. The second-order valence-corrected chi connectivity index (χ2v) is 7.49. The summed E-state index contributed by atoms with van der Waals surface area (Å²) in [5.41, 5.74) is -1.03. The molecule has 4 rings (SSSR count). The number of hydrogen-bond donors (Lipinski definition) is 0. The number of nitrogens with zero attached hydrogens (tertiary/aromatic N) is 6. The lowest BCUT2D eigenvalue weighted by atomic mass is 10.1. The van der Waals surface area contributed by atoms with Crippen molar-refractivity contribution in [2.75, 3.05) is 0 Å². The van der Waals surface area contributed by atoms with Crippen LogP contribution in [0.15, 0.2) is 40.2 Å². The molecule has 0 N–H and O–H groups in total. The highest BCUT2D eigenvalue weighted by Gasteiger charge is 2.35. The van der Waals surface area contributed by atoms with E-state index in [-0.39, 0.29) is 22.0 Å². The molecule has 0 atom stereocenters. The number of fused-ring (bicyclic) bond motifs is 3. The van der Waals surface area contributed by atoms with E-state index in [1.807, 2.05) is 0 Å². The number of hydrogen-bond acceptors (Lipinski definition) is 6. The lowest BCUT2D eigenvalue weighted by Gasteiger charge is -2.12. The van der Waals surface area contributed by atoms with E-state index in [1.165, 1.54) is 11.5 Å². The second kappa shape index (κ2) is 7.14. The van der Waals surface area contributed by atoms with Gasteiger partial charge in [-0.15, -0.1) is 10.2 Å². The Morgan fingerprint density at radius 3 is 2.67 bits per heavy atom. The molecule has 11 heteroatoms. The Morgan fingerprint density at radius 1 is 1.23 bits per heavy atom. The quantitative estimate of drug-likeness (QED) is 0.463. The summed E-state index contributed by atoms with van der Waals surface area (Å²) in [6.07, 6.45) is -4.66. The first-order valence-electron chi connectivity index (χ1n) is 8.66. The smallest absolute Gasteiger partial charge is 0.279 e. The van der Waals surface area contributed by atoms with Crippen LogP contribution in [-0.4, -0.2) is 24.1 Å². The molecule has 152 valence electrons. The Labute approximate surface area is 171 Å². The van der Waals surface area contributed by atoms with Crippen LogP contribution in [0.2, 0.25) is 0 Å². The molecule has 0 radical (unpaired) electrons. The zero-order chi connectivity index (χ0) is 21.6. The minimum absolute atomic E-state index is 0.0318. The van der Waals surface area contributed by atoms with Gasteiger partial charge in [0, 0.05) is 12.7 Å². The van der Waals surface area contributed by atoms with Crippen molar-refractivity contribution in [2.24, 2.45) is 7.05 Å². The molecule has 0 aliphatic rings. The molecular weight excluding hydrogens is 417 g/mol. The van der Waals surface area contributed by atoms with Gasteiger partial charge >= 0.3 is 6.18 Å². The summed E-state index contributed by atoms with van der Waals surface area (Å²) < 4.78 is 43.0. The molecule has 0 amide bonds. The maximum atomic E-state index is 13.3. The first-order chi connectivity index (χ1) is 14.2. The molecular formula is C19H13F3N6OS. The third kappa shape index (κ3) is 3.19. The fraction of sp³-hybridized carbons (Fsp3) is 0.211. The van der Waals surface area contributed by atoms with Crippen LogP contribution in [0.5, 0.6) is 0 Å². The van der Waals surface area contributed by atoms with Crippen LogP contribution in [0.25, 0.3) is 16.7 Å². The molecule has 4 aromatic rings. The fourth-order valence-electron chi connectivity index (χ4n) is 3.20. The van der Waals surface area contributed by atoms with E-state index in [9.17, 15) is 23.2 Å². The Morgan fingerprint density at radius 2 is 1.97 bits per heavy atom. The van der Waals surface area contributed by atoms with Crippen LogP contribution in [0.3, 0.4) is 0 Å². The number of aryl methyl sites for hydroxylation is 2. The summed E-state index contributed by atoms with van der Waals surface area (Å²) in [5.74, 6) is 0.830. The zero-order valence-corrected chi connectivity index (χ0v) is 16.5. The van der Waals surface area contributed by atoms with Gasteiger partial charge in [-0.05, 0) is 25.1 Å². The standard InChI is InChI=1S/C19H13F3N6OS/c1-10-7-13(19(20,21)22)12(8-23)16(24-10)30-9-15-25-26-18-27(2)17(29)11-5-3-4-6-14(11)28(15)18/h3-7H,9H2,1-2H3. The fourth-order valence-corrected chi connectivity index (χ4v) is 4.16. The van der Waals surface area contributed by atoms with E-state index in [0.29, 0.717) is 22.5 Å². The largest absolute Gasteiger partial charge is 0.417 e. The van der Waals surface area contributed by atoms with Gasteiger partial charge in [-0.2, -0.15) is 18.4 Å². The maximum Gasteiger partial charge on any atom is 0.417 e. The molecule has 0 saturated heterocycles. The first kappa shape index (κ1) is 19.9. The van der Waals surface area contributed by atoms with E-state index in [1.54, 1.807) is 41.8 Å². The Kier molecular flexibility index (Phi) is 4.74. The summed E-state index contributed by atoms with van der Waals surface area (Å²) in [5, 5.41) is 17.9. The van der Waals surface area contributed by atoms with E-state index in [2.05, 4.69) is 15.2 Å². The predicted molar refractivity (Wildman–Crippen MR) is 104 cm³/mol. The first-order valence-corrected chi connectivity index (χ1v) is 9.64. The van der Waals surface area contributed by atoms with Crippen molar-refractivity contribution in [1.29, 1.82) is 5.26 Å². The summed E-state index contributed by atoms with van der Waals surface area (Å²) in [4.78, 5) is 16.6. The van der Waals surface area contributed by atoms with Crippen LogP contribution in [-0.2, 0) is 19.0 Å². The average Bonchev–Trinajstić information content (AvgIpc) is 3.13. The highest BCUT2D eigenvalue weighted by Crippen LogP contribution is 2.36. The number of aromatic nitrogens is 5.